The molecule has 7 heteroatoms. The van der Waals surface area contributed by atoms with E-state index in [1.54, 1.807) is 11.8 Å². The fourth-order valence-electron chi connectivity index (χ4n) is 3.50. The molecule has 1 N–H and O–H groups in total. The SMILES string of the molecule is O=C(NCCSCc1c(Cl)cccc1Cl)C1CCCN(Cc2ccc(Cl)cc2)C1. The molecule has 3 nitrogen and oxygen atoms in total. The maximum absolute atomic E-state index is 12.6. The second-order valence-corrected chi connectivity index (χ2v) is 9.60. The summed E-state index contributed by atoms with van der Waals surface area (Å²) in [6.45, 7) is 3.34. The van der Waals surface area contributed by atoms with Crippen LogP contribution in [0.5, 0.6) is 0 Å². The number of nitrogens with zero attached hydrogens (tertiary/aromatic N) is 1. The largest absolute Gasteiger partial charge is 0.355 e. The Bertz CT molecular complexity index is 796. The van der Waals surface area contributed by atoms with E-state index >= 15 is 0 Å². The Balaban J connectivity index is 1.38. The zero-order valence-electron chi connectivity index (χ0n) is 16.2. The Morgan fingerprint density at radius 3 is 2.55 bits per heavy atom. The van der Waals surface area contributed by atoms with Crippen LogP contribution in [0.1, 0.15) is 24.0 Å². The van der Waals surface area contributed by atoms with Gasteiger partial charge in [0.1, 0.15) is 0 Å². The number of piperidine rings is 1. The highest BCUT2D eigenvalue weighted by Crippen LogP contribution is 2.28. The summed E-state index contributed by atoms with van der Waals surface area (Å²) in [5.41, 5.74) is 2.18. The minimum absolute atomic E-state index is 0.0547. The van der Waals surface area contributed by atoms with E-state index in [0.717, 1.165) is 54.6 Å². The minimum Gasteiger partial charge on any atom is -0.355 e. The van der Waals surface area contributed by atoms with Crippen LogP contribution in [0.3, 0.4) is 0 Å². The van der Waals surface area contributed by atoms with E-state index in [2.05, 4.69) is 22.3 Å². The van der Waals surface area contributed by atoms with Gasteiger partial charge in [-0.05, 0) is 54.8 Å². The monoisotopic (exact) mass is 470 g/mol. The number of carbonyl (C=O) groups is 1. The number of rotatable bonds is 8. The number of likely N-dealkylation sites (tertiary alicyclic amines) is 1. The quantitative estimate of drug-likeness (QED) is 0.486. The van der Waals surface area contributed by atoms with Crippen LogP contribution in [0.15, 0.2) is 42.5 Å². The van der Waals surface area contributed by atoms with Gasteiger partial charge in [0.05, 0.1) is 5.92 Å². The van der Waals surface area contributed by atoms with Crippen LogP contribution in [0, 0.1) is 5.92 Å². The van der Waals surface area contributed by atoms with Gasteiger partial charge in [-0.1, -0.05) is 53.0 Å². The zero-order valence-corrected chi connectivity index (χ0v) is 19.3. The van der Waals surface area contributed by atoms with E-state index in [-0.39, 0.29) is 11.8 Å². The summed E-state index contributed by atoms with van der Waals surface area (Å²) in [6.07, 6.45) is 2.00. The van der Waals surface area contributed by atoms with Crippen molar-refractivity contribution in [1.82, 2.24) is 10.2 Å². The van der Waals surface area contributed by atoms with Crippen LogP contribution in [0.25, 0.3) is 0 Å². The highest BCUT2D eigenvalue weighted by Gasteiger charge is 2.25. The first-order valence-corrected chi connectivity index (χ1v) is 12.1. The summed E-state index contributed by atoms with van der Waals surface area (Å²) in [5, 5.41) is 5.22. The summed E-state index contributed by atoms with van der Waals surface area (Å²) in [4.78, 5) is 14.9. The van der Waals surface area contributed by atoms with Crippen molar-refractivity contribution in [1.29, 1.82) is 0 Å². The lowest BCUT2D eigenvalue weighted by atomic mass is 9.96. The summed E-state index contributed by atoms with van der Waals surface area (Å²) >= 11 is 20.1. The molecular weight excluding hydrogens is 447 g/mol. The van der Waals surface area contributed by atoms with Crippen molar-refractivity contribution in [2.45, 2.75) is 25.1 Å². The average molecular weight is 472 g/mol. The summed E-state index contributed by atoms with van der Waals surface area (Å²) in [6, 6.07) is 13.5. The van der Waals surface area contributed by atoms with E-state index in [9.17, 15) is 4.79 Å². The molecule has 0 aliphatic carbocycles. The Kier molecular flexibility index (Phi) is 9.01. The number of hydrogen-bond donors (Lipinski definition) is 1. The fraction of sp³-hybridized carbons (Fsp3) is 0.409. The molecule has 3 rings (SSSR count). The third-order valence-electron chi connectivity index (χ3n) is 5.05. The molecule has 0 saturated carbocycles. The maximum atomic E-state index is 12.6. The number of hydrogen-bond acceptors (Lipinski definition) is 3. The van der Waals surface area contributed by atoms with Gasteiger partial charge in [-0.3, -0.25) is 9.69 Å². The van der Waals surface area contributed by atoms with Gasteiger partial charge in [0, 0.05) is 46.2 Å². The number of carbonyl (C=O) groups excluding carboxylic acids is 1. The van der Waals surface area contributed by atoms with Crippen LogP contribution in [0.4, 0.5) is 0 Å². The molecule has 1 atom stereocenters. The zero-order chi connectivity index (χ0) is 20.6. The van der Waals surface area contributed by atoms with Crippen LogP contribution in [-0.4, -0.2) is 36.2 Å². The Labute approximate surface area is 192 Å². The Morgan fingerprint density at radius 1 is 1.10 bits per heavy atom. The van der Waals surface area contributed by atoms with E-state index < -0.39 is 0 Å². The first kappa shape index (κ1) is 22.8. The third-order valence-corrected chi connectivity index (χ3v) is 7.00. The predicted octanol–water partition coefficient (Wildman–Crippen LogP) is 5.91. The van der Waals surface area contributed by atoms with E-state index in [1.807, 2.05) is 30.3 Å². The number of thioether (sulfide) groups is 1. The summed E-state index contributed by atoms with van der Waals surface area (Å²) in [5.74, 6) is 1.78. The van der Waals surface area contributed by atoms with E-state index in [0.29, 0.717) is 16.6 Å². The molecule has 0 radical (unpaired) electrons. The smallest absolute Gasteiger partial charge is 0.224 e. The molecule has 1 aliphatic rings. The number of benzene rings is 2. The molecule has 156 valence electrons. The van der Waals surface area contributed by atoms with Gasteiger partial charge in [0.2, 0.25) is 5.91 Å². The van der Waals surface area contributed by atoms with Crippen molar-refractivity contribution in [3.63, 3.8) is 0 Å². The molecule has 0 aromatic heterocycles. The topological polar surface area (TPSA) is 32.3 Å². The normalized spacial score (nSPS) is 17.3. The second-order valence-electron chi connectivity index (χ2n) is 7.24. The lowest BCUT2D eigenvalue weighted by Crippen LogP contribution is -2.43. The second kappa shape index (κ2) is 11.5. The molecule has 1 fully saturated rings. The Morgan fingerprint density at radius 2 is 1.83 bits per heavy atom. The maximum Gasteiger partial charge on any atom is 0.224 e. The number of amides is 1. The van der Waals surface area contributed by atoms with Crippen molar-refractivity contribution < 1.29 is 4.79 Å². The molecule has 2 aromatic carbocycles. The van der Waals surface area contributed by atoms with Crippen LogP contribution < -0.4 is 5.32 Å². The summed E-state index contributed by atoms with van der Waals surface area (Å²) < 4.78 is 0. The van der Waals surface area contributed by atoms with Gasteiger partial charge in [-0.15, -0.1) is 0 Å². The third kappa shape index (κ3) is 7.08. The first-order chi connectivity index (χ1) is 14.0. The first-order valence-electron chi connectivity index (χ1n) is 9.78. The minimum atomic E-state index is 0.0547. The van der Waals surface area contributed by atoms with Gasteiger partial charge < -0.3 is 5.32 Å². The summed E-state index contributed by atoms with van der Waals surface area (Å²) in [7, 11) is 0. The van der Waals surface area contributed by atoms with Gasteiger partial charge in [-0.2, -0.15) is 11.8 Å². The molecule has 1 aliphatic heterocycles. The molecular formula is C22H25Cl3N2OS. The van der Waals surface area contributed by atoms with Gasteiger partial charge >= 0.3 is 0 Å². The molecule has 2 aromatic rings. The van der Waals surface area contributed by atoms with Crippen molar-refractivity contribution in [2.75, 3.05) is 25.4 Å². The predicted molar refractivity (Wildman–Crippen MR) is 125 cm³/mol. The highest BCUT2D eigenvalue weighted by atomic mass is 35.5. The van der Waals surface area contributed by atoms with Gasteiger partial charge in [-0.25, -0.2) is 0 Å². The average Bonchev–Trinajstić information content (AvgIpc) is 2.71. The van der Waals surface area contributed by atoms with Crippen molar-refractivity contribution in [2.24, 2.45) is 5.92 Å². The fourth-order valence-corrected chi connectivity index (χ4v) is 5.22. The van der Waals surface area contributed by atoms with E-state index in [1.165, 1.54) is 5.56 Å². The highest BCUT2D eigenvalue weighted by molar-refractivity contribution is 7.98. The van der Waals surface area contributed by atoms with Gasteiger partial charge in [0.15, 0.2) is 0 Å². The molecule has 0 spiro atoms. The Hall–Kier alpha value is -0.910. The van der Waals surface area contributed by atoms with Crippen molar-refractivity contribution >= 4 is 52.5 Å². The lowest BCUT2D eigenvalue weighted by molar-refractivity contribution is -0.126. The van der Waals surface area contributed by atoms with Crippen LogP contribution >= 0.6 is 46.6 Å². The number of halogens is 3. The van der Waals surface area contributed by atoms with Crippen LogP contribution in [0.2, 0.25) is 15.1 Å². The lowest BCUT2D eigenvalue weighted by Gasteiger charge is -2.32. The molecule has 29 heavy (non-hydrogen) atoms. The van der Waals surface area contributed by atoms with Crippen LogP contribution in [-0.2, 0) is 17.1 Å². The molecule has 1 heterocycles. The standard InChI is InChI=1S/C22H25Cl3N2OS/c23-18-8-6-16(7-9-18)13-27-11-2-3-17(14-27)22(28)26-10-12-29-15-19-20(24)4-1-5-21(19)25/h1,4-9,17H,2-3,10-15H2,(H,26,28). The van der Waals surface area contributed by atoms with Gasteiger partial charge in [0.25, 0.3) is 0 Å². The molecule has 0 bridgehead atoms. The number of nitrogens with one attached hydrogen (secondary N) is 1. The van der Waals surface area contributed by atoms with Crippen molar-refractivity contribution in [3.05, 3.63) is 68.7 Å². The van der Waals surface area contributed by atoms with Crippen molar-refractivity contribution in [3.8, 4) is 0 Å². The molecule has 1 unspecified atom stereocenters. The molecule has 1 saturated heterocycles. The van der Waals surface area contributed by atoms with E-state index in [4.69, 9.17) is 34.8 Å². The molecule has 1 amide bonds.